The maximum atomic E-state index is 12.3. The van der Waals surface area contributed by atoms with Crippen molar-refractivity contribution in [3.8, 4) is 0 Å². The molecule has 0 amide bonds. The highest BCUT2D eigenvalue weighted by Crippen LogP contribution is 2.33. The number of thiophene rings is 1. The van der Waals surface area contributed by atoms with Crippen LogP contribution in [0.15, 0.2) is 35.7 Å². The largest absolute Gasteiger partial charge is 0.468 e. The topological polar surface area (TPSA) is 29.5 Å². The predicted molar refractivity (Wildman–Crippen MR) is 84.6 cm³/mol. The first kappa shape index (κ1) is 14.6. The molecule has 3 nitrogen and oxygen atoms in total. The first-order valence-corrected chi connectivity index (χ1v) is 8.08. The summed E-state index contributed by atoms with van der Waals surface area (Å²) in [5.74, 6) is -0.262. The van der Waals surface area contributed by atoms with E-state index in [1.165, 1.54) is 17.6 Å². The van der Waals surface area contributed by atoms with Crippen molar-refractivity contribution in [2.45, 2.75) is 19.0 Å². The van der Waals surface area contributed by atoms with Crippen LogP contribution in [0.4, 0.5) is 0 Å². The van der Waals surface area contributed by atoms with Gasteiger partial charge in [-0.15, -0.1) is 11.3 Å². The summed E-state index contributed by atoms with van der Waals surface area (Å²) in [4.78, 5) is 15.8. The molecule has 1 aromatic heterocycles. The van der Waals surface area contributed by atoms with Crippen molar-refractivity contribution in [1.29, 1.82) is 0 Å². The van der Waals surface area contributed by atoms with Gasteiger partial charge in [-0.3, -0.25) is 4.90 Å². The van der Waals surface area contributed by atoms with E-state index in [0.29, 0.717) is 5.02 Å². The molecule has 21 heavy (non-hydrogen) atoms. The lowest BCUT2D eigenvalue weighted by atomic mass is 10.0. The van der Waals surface area contributed by atoms with Crippen molar-refractivity contribution in [1.82, 2.24) is 4.90 Å². The third-order valence-electron chi connectivity index (χ3n) is 3.83. The highest BCUT2D eigenvalue weighted by molar-refractivity contribution is 7.10. The Balaban J connectivity index is 1.94. The number of halogens is 1. The average Bonchev–Trinajstić information content (AvgIpc) is 2.97. The molecule has 110 valence electrons. The van der Waals surface area contributed by atoms with Gasteiger partial charge in [0.25, 0.3) is 0 Å². The first-order valence-electron chi connectivity index (χ1n) is 6.82. The quantitative estimate of drug-likeness (QED) is 0.808. The highest BCUT2D eigenvalue weighted by atomic mass is 35.5. The highest BCUT2D eigenvalue weighted by Gasteiger charge is 2.32. The number of hydrogen-bond donors (Lipinski definition) is 0. The van der Waals surface area contributed by atoms with E-state index in [9.17, 15) is 4.79 Å². The van der Waals surface area contributed by atoms with Crippen molar-refractivity contribution in [3.63, 3.8) is 0 Å². The Morgan fingerprint density at radius 2 is 2.19 bits per heavy atom. The van der Waals surface area contributed by atoms with Crippen molar-refractivity contribution < 1.29 is 9.53 Å². The normalized spacial score (nSPS) is 16.3. The van der Waals surface area contributed by atoms with Crippen LogP contribution in [-0.4, -0.2) is 24.5 Å². The van der Waals surface area contributed by atoms with Crippen LogP contribution >= 0.6 is 22.9 Å². The van der Waals surface area contributed by atoms with E-state index in [1.54, 1.807) is 11.3 Å². The minimum atomic E-state index is -0.447. The average molecular weight is 322 g/mol. The molecular weight excluding hydrogens is 306 g/mol. The van der Waals surface area contributed by atoms with Crippen LogP contribution in [0.1, 0.15) is 22.0 Å². The molecule has 2 aromatic rings. The molecule has 0 N–H and O–H groups in total. The van der Waals surface area contributed by atoms with Crippen molar-refractivity contribution in [2.24, 2.45) is 0 Å². The second kappa shape index (κ2) is 6.18. The Morgan fingerprint density at radius 1 is 1.38 bits per heavy atom. The monoisotopic (exact) mass is 321 g/mol. The van der Waals surface area contributed by atoms with Gasteiger partial charge in [0.15, 0.2) is 0 Å². The van der Waals surface area contributed by atoms with Gasteiger partial charge in [0.2, 0.25) is 0 Å². The second-order valence-electron chi connectivity index (χ2n) is 5.04. The molecule has 0 unspecified atom stereocenters. The summed E-state index contributed by atoms with van der Waals surface area (Å²) < 4.78 is 5.01. The Bertz CT molecular complexity index is 655. The Hall–Kier alpha value is -1.36. The maximum Gasteiger partial charge on any atom is 0.327 e. The summed E-state index contributed by atoms with van der Waals surface area (Å²) in [5, 5.41) is 2.71. The summed E-state index contributed by atoms with van der Waals surface area (Å²) >= 11 is 8.07. The van der Waals surface area contributed by atoms with Crippen LogP contribution in [0.25, 0.3) is 0 Å². The van der Waals surface area contributed by atoms with Crippen molar-refractivity contribution in [2.75, 3.05) is 13.7 Å². The lowest BCUT2D eigenvalue weighted by Crippen LogP contribution is -2.38. The number of rotatable bonds is 3. The third-order valence-corrected chi connectivity index (χ3v) is 5.19. The van der Waals surface area contributed by atoms with Crippen LogP contribution in [0.3, 0.4) is 0 Å². The molecule has 1 aliphatic rings. The fraction of sp³-hybridized carbons (Fsp3) is 0.312. The molecule has 0 fully saturated rings. The summed E-state index contributed by atoms with van der Waals surface area (Å²) in [6.45, 7) is 1.59. The molecule has 5 heteroatoms. The zero-order valence-corrected chi connectivity index (χ0v) is 13.3. The van der Waals surface area contributed by atoms with Crippen molar-refractivity contribution >= 4 is 28.9 Å². The lowest BCUT2D eigenvalue weighted by molar-refractivity contribution is -0.147. The summed E-state index contributed by atoms with van der Waals surface area (Å²) in [5.41, 5.74) is 2.11. The Morgan fingerprint density at radius 3 is 2.95 bits per heavy atom. The molecule has 0 saturated carbocycles. The van der Waals surface area contributed by atoms with Crippen LogP contribution < -0.4 is 0 Å². The second-order valence-corrected chi connectivity index (χ2v) is 6.44. The number of esters is 1. The van der Waals surface area contributed by atoms with E-state index >= 15 is 0 Å². The standard InChI is InChI=1S/C16H16ClNO2S/c1-20-16(19)15(12-4-2-3-5-13(12)17)18-8-6-14-11(10-18)7-9-21-14/h2-5,7,9,15H,6,8,10H2,1H3/t15-/m1/s1. The molecule has 1 aliphatic heterocycles. The summed E-state index contributed by atoms with van der Waals surface area (Å²) in [6.07, 6.45) is 0.963. The van der Waals surface area contributed by atoms with E-state index in [1.807, 2.05) is 24.3 Å². The molecule has 1 atom stereocenters. The molecule has 0 aliphatic carbocycles. The summed E-state index contributed by atoms with van der Waals surface area (Å²) in [6, 6.07) is 9.16. The molecule has 3 rings (SSSR count). The van der Waals surface area contributed by atoms with Gasteiger partial charge in [0.1, 0.15) is 6.04 Å². The fourth-order valence-electron chi connectivity index (χ4n) is 2.77. The summed E-state index contributed by atoms with van der Waals surface area (Å²) in [7, 11) is 1.42. The van der Waals surface area contributed by atoms with Crippen LogP contribution in [0.5, 0.6) is 0 Å². The van der Waals surface area contributed by atoms with Gasteiger partial charge < -0.3 is 4.74 Å². The molecule has 0 radical (unpaired) electrons. The fourth-order valence-corrected chi connectivity index (χ4v) is 3.90. The molecule has 2 heterocycles. The van der Waals surface area contributed by atoms with Gasteiger partial charge in [-0.25, -0.2) is 4.79 Å². The zero-order valence-electron chi connectivity index (χ0n) is 11.7. The van der Waals surface area contributed by atoms with E-state index in [-0.39, 0.29) is 5.97 Å². The van der Waals surface area contributed by atoms with Gasteiger partial charge in [-0.1, -0.05) is 29.8 Å². The van der Waals surface area contributed by atoms with Gasteiger partial charge in [0, 0.05) is 23.0 Å². The maximum absolute atomic E-state index is 12.3. The predicted octanol–water partition coefficient (Wildman–Crippen LogP) is 3.67. The molecule has 0 spiro atoms. The van der Waals surface area contributed by atoms with Gasteiger partial charge in [0.05, 0.1) is 7.11 Å². The Labute approximate surface area is 133 Å². The Kier molecular flexibility index (Phi) is 4.29. The zero-order chi connectivity index (χ0) is 14.8. The number of carbonyl (C=O) groups excluding carboxylic acids is 1. The minimum Gasteiger partial charge on any atom is -0.468 e. The molecule has 0 saturated heterocycles. The third kappa shape index (κ3) is 2.84. The number of methoxy groups -OCH3 is 1. The van der Waals surface area contributed by atoms with Gasteiger partial charge >= 0.3 is 5.97 Å². The number of fused-ring (bicyclic) bond motifs is 1. The van der Waals surface area contributed by atoms with Crippen LogP contribution in [0.2, 0.25) is 5.02 Å². The number of nitrogens with zero attached hydrogens (tertiary/aromatic N) is 1. The number of ether oxygens (including phenoxy) is 1. The smallest absolute Gasteiger partial charge is 0.327 e. The SMILES string of the molecule is COC(=O)[C@@H](c1ccccc1Cl)N1CCc2sccc2C1. The first-order chi connectivity index (χ1) is 10.2. The number of benzene rings is 1. The molecule has 0 bridgehead atoms. The van der Waals surface area contributed by atoms with Crippen molar-refractivity contribution in [3.05, 3.63) is 56.7 Å². The number of hydrogen-bond acceptors (Lipinski definition) is 4. The van der Waals surface area contributed by atoms with Crippen LogP contribution in [-0.2, 0) is 22.5 Å². The van der Waals surface area contributed by atoms with E-state index < -0.39 is 6.04 Å². The van der Waals surface area contributed by atoms with E-state index in [2.05, 4.69) is 16.3 Å². The van der Waals surface area contributed by atoms with E-state index in [0.717, 1.165) is 25.1 Å². The van der Waals surface area contributed by atoms with Gasteiger partial charge in [-0.05, 0) is 35.1 Å². The molecular formula is C16H16ClNO2S. The molecule has 1 aromatic carbocycles. The number of carbonyl (C=O) groups is 1. The van der Waals surface area contributed by atoms with Crippen LogP contribution in [0, 0.1) is 0 Å². The van der Waals surface area contributed by atoms with E-state index in [4.69, 9.17) is 16.3 Å². The van der Waals surface area contributed by atoms with Gasteiger partial charge in [-0.2, -0.15) is 0 Å². The minimum absolute atomic E-state index is 0.262. The lowest BCUT2D eigenvalue weighted by Gasteiger charge is -2.33.